The molecule has 0 saturated carbocycles. The lowest BCUT2D eigenvalue weighted by atomic mass is 9.74. The van der Waals surface area contributed by atoms with E-state index in [1.54, 1.807) is 0 Å². The molecule has 0 spiro atoms. The van der Waals surface area contributed by atoms with E-state index in [0.717, 1.165) is 35.8 Å². The van der Waals surface area contributed by atoms with Gasteiger partial charge in [-0.15, -0.1) is 0 Å². The maximum atomic E-state index is 6.37. The second kappa shape index (κ2) is 4.89. The predicted molar refractivity (Wildman–Crippen MR) is 90.8 cm³/mol. The number of rotatable bonds is 0. The highest BCUT2D eigenvalue weighted by molar-refractivity contribution is 6.35. The summed E-state index contributed by atoms with van der Waals surface area (Å²) in [5.41, 5.74) is 2.57. The Morgan fingerprint density at radius 3 is 2.52 bits per heavy atom. The average molecular weight is 325 g/mol. The molecule has 0 atom stereocenters. The van der Waals surface area contributed by atoms with Gasteiger partial charge in [0.1, 0.15) is 5.84 Å². The highest BCUT2D eigenvalue weighted by Gasteiger charge is 2.38. The first-order valence-corrected chi connectivity index (χ1v) is 8.21. The minimum atomic E-state index is 0.261. The van der Waals surface area contributed by atoms with E-state index in [4.69, 9.17) is 28.2 Å². The zero-order valence-electron chi connectivity index (χ0n) is 13.1. The molecule has 2 heterocycles. The quantitative estimate of drug-likeness (QED) is 0.599. The smallest absolute Gasteiger partial charge is 0.106 e. The number of hydrogen-bond acceptors (Lipinski definition) is 2. The molecule has 2 aliphatic rings. The topological polar surface area (TPSA) is 15.6 Å². The lowest BCUT2D eigenvalue weighted by molar-refractivity contribution is 0.185. The minimum absolute atomic E-state index is 0.261. The van der Waals surface area contributed by atoms with Crippen LogP contribution in [-0.4, -0.2) is 17.3 Å². The van der Waals surface area contributed by atoms with Crippen molar-refractivity contribution in [1.82, 2.24) is 4.90 Å². The Morgan fingerprint density at radius 2 is 1.81 bits per heavy atom. The maximum absolute atomic E-state index is 6.37. The van der Waals surface area contributed by atoms with Crippen LogP contribution in [-0.2, 0) is 6.54 Å². The molecule has 1 fully saturated rings. The first-order chi connectivity index (χ1) is 9.65. The van der Waals surface area contributed by atoms with Crippen molar-refractivity contribution in [3.63, 3.8) is 0 Å². The number of amidine groups is 1. The molecule has 0 aromatic heterocycles. The van der Waals surface area contributed by atoms with Gasteiger partial charge < -0.3 is 4.90 Å². The van der Waals surface area contributed by atoms with Crippen LogP contribution in [0.25, 0.3) is 0 Å². The van der Waals surface area contributed by atoms with E-state index in [1.165, 1.54) is 12.3 Å². The molecule has 3 rings (SSSR count). The van der Waals surface area contributed by atoms with Gasteiger partial charge in [-0.1, -0.05) is 50.9 Å². The Bertz CT molecular complexity index is 617. The van der Waals surface area contributed by atoms with Gasteiger partial charge >= 0.3 is 0 Å². The molecule has 0 bridgehead atoms. The van der Waals surface area contributed by atoms with E-state index in [2.05, 4.69) is 32.6 Å². The zero-order valence-corrected chi connectivity index (χ0v) is 14.6. The summed E-state index contributed by atoms with van der Waals surface area (Å²) in [7, 11) is 0. The van der Waals surface area contributed by atoms with E-state index in [1.807, 2.05) is 12.1 Å². The summed E-state index contributed by atoms with van der Waals surface area (Å²) in [4.78, 5) is 7.28. The molecule has 1 aromatic rings. The molecule has 0 aliphatic carbocycles. The van der Waals surface area contributed by atoms with Gasteiger partial charge in [0.2, 0.25) is 0 Å². The van der Waals surface area contributed by atoms with Crippen molar-refractivity contribution in [1.29, 1.82) is 0 Å². The fraction of sp³-hybridized carbons (Fsp3) is 0.588. The highest BCUT2D eigenvalue weighted by atomic mass is 35.5. The van der Waals surface area contributed by atoms with Crippen LogP contribution in [0, 0.1) is 10.8 Å². The lowest BCUT2D eigenvalue weighted by Crippen LogP contribution is -2.37. The molecule has 2 aliphatic heterocycles. The van der Waals surface area contributed by atoms with E-state index < -0.39 is 0 Å². The summed E-state index contributed by atoms with van der Waals surface area (Å²) in [5.74, 6) is 1.18. The Kier molecular flexibility index (Phi) is 3.53. The largest absolute Gasteiger partial charge is 0.355 e. The Hall–Kier alpha value is -0.730. The number of halogens is 2. The van der Waals surface area contributed by atoms with Crippen molar-refractivity contribution in [2.45, 2.75) is 47.1 Å². The molecule has 2 nitrogen and oxygen atoms in total. The standard InChI is InChI=1S/C17H22Cl2N2/c1-16(2)7-15-20-14-6-11(18)5-13(19)12(14)8-21(15)10-17(3,4)9-16/h5-6H,7-10H2,1-4H3. The van der Waals surface area contributed by atoms with Crippen LogP contribution in [0.1, 0.15) is 46.1 Å². The number of benzene rings is 1. The van der Waals surface area contributed by atoms with E-state index in [9.17, 15) is 0 Å². The Balaban J connectivity index is 2.07. The summed E-state index contributed by atoms with van der Waals surface area (Å²) in [6.45, 7) is 11.2. The SMILES string of the molecule is CC1(C)CC2=Nc3cc(Cl)cc(Cl)c3CN2CC(C)(C)C1. The third-order valence-electron chi connectivity index (χ3n) is 4.31. The minimum Gasteiger partial charge on any atom is -0.355 e. The third kappa shape index (κ3) is 3.07. The molecular weight excluding hydrogens is 303 g/mol. The third-order valence-corrected chi connectivity index (χ3v) is 4.87. The van der Waals surface area contributed by atoms with Crippen LogP contribution in [0.3, 0.4) is 0 Å². The van der Waals surface area contributed by atoms with E-state index in [0.29, 0.717) is 5.02 Å². The summed E-state index contributed by atoms with van der Waals surface area (Å²) >= 11 is 12.5. The van der Waals surface area contributed by atoms with Crippen molar-refractivity contribution in [2.24, 2.45) is 15.8 Å². The van der Waals surface area contributed by atoms with Crippen molar-refractivity contribution >= 4 is 34.7 Å². The summed E-state index contributed by atoms with van der Waals surface area (Å²) in [5, 5.41) is 1.38. The molecule has 0 amide bonds. The van der Waals surface area contributed by atoms with Crippen LogP contribution in [0.4, 0.5) is 5.69 Å². The van der Waals surface area contributed by atoms with Crippen molar-refractivity contribution < 1.29 is 0 Å². The average Bonchev–Trinajstić information content (AvgIpc) is 2.36. The monoisotopic (exact) mass is 324 g/mol. The molecule has 0 unspecified atom stereocenters. The molecule has 0 radical (unpaired) electrons. The summed E-state index contributed by atoms with van der Waals surface area (Å²) < 4.78 is 0. The Morgan fingerprint density at radius 1 is 1.10 bits per heavy atom. The molecule has 114 valence electrons. The van der Waals surface area contributed by atoms with Crippen LogP contribution in [0.5, 0.6) is 0 Å². The van der Waals surface area contributed by atoms with Crippen molar-refractivity contribution in [3.8, 4) is 0 Å². The second-order valence-corrected chi connectivity index (χ2v) is 8.80. The van der Waals surface area contributed by atoms with Gasteiger partial charge in [0.15, 0.2) is 0 Å². The molecular formula is C17H22Cl2N2. The highest BCUT2D eigenvalue weighted by Crippen LogP contribution is 2.44. The fourth-order valence-corrected chi connectivity index (χ4v) is 4.54. The first-order valence-electron chi connectivity index (χ1n) is 7.46. The van der Waals surface area contributed by atoms with Crippen molar-refractivity contribution in [2.75, 3.05) is 6.54 Å². The Labute approximate surface area is 137 Å². The van der Waals surface area contributed by atoms with Gasteiger partial charge in [-0.25, -0.2) is 4.99 Å². The van der Waals surface area contributed by atoms with E-state index >= 15 is 0 Å². The predicted octanol–water partition coefficient (Wildman–Crippen LogP) is 5.69. The fourth-order valence-electron chi connectivity index (χ4n) is 4.00. The van der Waals surface area contributed by atoms with Gasteiger partial charge in [0, 0.05) is 35.1 Å². The number of hydrogen-bond donors (Lipinski definition) is 0. The molecule has 0 N–H and O–H groups in total. The molecule has 4 heteroatoms. The van der Waals surface area contributed by atoms with Gasteiger partial charge in [-0.2, -0.15) is 0 Å². The maximum Gasteiger partial charge on any atom is 0.106 e. The number of nitrogens with zero attached hydrogens (tertiary/aromatic N) is 2. The number of aliphatic imine (C=N–C) groups is 1. The van der Waals surface area contributed by atoms with Gasteiger partial charge in [0.25, 0.3) is 0 Å². The second-order valence-electron chi connectivity index (χ2n) is 7.95. The lowest BCUT2D eigenvalue weighted by Gasteiger charge is -2.34. The summed E-state index contributed by atoms with van der Waals surface area (Å²) in [6, 6.07) is 3.74. The van der Waals surface area contributed by atoms with E-state index in [-0.39, 0.29) is 10.8 Å². The first kappa shape index (κ1) is 15.2. The van der Waals surface area contributed by atoms with Crippen LogP contribution < -0.4 is 0 Å². The van der Waals surface area contributed by atoms with Crippen LogP contribution >= 0.6 is 23.2 Å². The zero-order chi connectivity index (χ0) is 15.4. The normalized spacial score (nSPS) is 23.0. The van der Waals surface area contributed by atoms with Crippen LogP contribution in [0.15, 0.2) is 17.1 Å². The molecule has 1 aromatic carbocycles. The van der Waals surface area contributed by atoms with Crippen molar-refractivity contribution in [3.05, 3.63) is 27.7 Å². The van der Waals surface area contributed by atoms with Gasteiger partial charge in [-0.3, -0.25) is 0 Å². The van der Waals surface area contributed by atoms with Crippen LogP contribution in [0.2, 0.25) is 10.0 Å². The number of fused-ring (bicyclic) bond motifs is 2. The summed E-state index contributed by atoms with van der Waals surface area (Å²) in [6.07, 6.45) is 2.19. The molecule has 1 saturated heterocycles. The molecule has 21 heavy (non-hydrogen) atoms. The van der Waals surface area contributed by atoms with Gasteiger partial charge in [0.05, 0.1) is 5.69 Å². The van der Waals surface area contributed by atoms with Gasteiger partial charge in [-0.05, 0) is 29.4 Å².